The van der Waals surface area contributed by atoms with E-state index in [1.807, 2.05) is 6.92 Å². The van der Waals surface area contributed by atoms with E-state index in [1.54, 1.807) is 12.3 Å². The van der Waals surface area contributed by atoms with Gasteiger partial charge in [-0.2, -0.15) is 0 Å². The first-order valence-corrected chi connectivity index (χ1v) is 5.56. The lowest BCUT2D eigenvalue weighted by molar-refractivity contribution is 0.101. The number of aryl methyl sites for hydroxylation is 1. The van der Waals surface area contributed by atoms with Crippen molar-refractivity contribution >= 4 is 17.1 Å². The van der Waals surface area contributed by atoms with E-state index in [2.05, 4.69) is 9.97 Å². The monoisotopic (exact) mass is 234 g/mol. The molecule has 2 aromatic heterocycles. The van der Waals surface area contributed by atoms with Crippen LogP contribution in [-0.4, -0.2) is 15.8 Å². The molecule has 0 aliphatic heterocycles. The topological polar surface area (TPSA) is 62.8 Å². The van der Waals surface area contributed by atoms with Crippen molar-refractivity contribution in [3.63, 3.8) is 0 Å². The first-order valence-electron chi connectivity index (χ1n) is 4.74. The molecule has 82 valence electrons. The summed E-state index contributed by atoms with van der Waals surface area (Å²) in [5.41, 5.74) is 2.09. The Morgan fingerprint density at radius 2 is 2.25 bits per heavy atom. The maximum atomic E-state index is 11.4. The van der Waals surface area contributed by atoms with E-state index in [0.29, 0.717) is 5.56 Å². The third-order valence-electron chi connectivity index (χ3n) is 2.27. The summed E-state index contributed by atoms with van der Waals surface area (Å²) in [5.74, 6) is -0.0525. The normalized spacial score (nSPS) is 10.4. The minimum atomic E-state index is -0.112. The highest BCUT2D eigenvalue weighted by Crippen LogP contribution is 2.27. The molecule has 0 amide bonds. The molecule has 5 heteroatoms. The molecule has 0 atom stereocenters. The summed E-state index contributed by atoms with van der Waals surface area (Å²) in [6.07, 6.45) is 3.15. The van der Waals surface area contributed by atoms with Crippen LogP contribution in [0.3, 0.4) is 0 Å². The number of nitrogens with one attached hydrogen (secondary N) is 1. The fraction of sp³-hybridized carbons (Fsp3) is 0.182. The van der Waals surface area contributed by atoms with Crippen molar-refractivity contribution in [3.8, 4) is 10.4 Å². The Bertz CT molecular complexity index is 598. The van der Waals surface area contributed by atoms with E-state index >= 15 is 0 Å². The Morgan fingerprint density at radius 1 is 1.50 bits per heavy atom. The van der Waals surface area contributed by atoms with Crippen LogP contribution in [0.2, 0.25) is 0 Å². The molecule has 2 rings (SSSR count). The highest BCUT2D eigenvalue weighted by molar-refractivity contribution is 7.13. The smallest absolute Gasteiger partial charge is 0.305 e. The molecule has 16 heavy (non-hydrogen) atoms. The number of rotatable bonds is 2. The lowest BCUT2D eigenvalue weighted by atomic mass is 10.1. The van der Waals surface area contributed by atoms with Gasteiger partial charge in [-0.15, -0.1) is 0 Å². The Balaban J connectivity index is 2.69. The molecule has 0 aromatic carbocycles. The van der Waals surface area contributed by atoms with Crippen molar-refractivity contribution in [1.29, 1.82) is 0 Å². The second-order valence-corrected chi connectivity index (χ2v) is 4.43. The molecule has 0 unspecified atom stereocenters. The fourth-order valence-corrected chi connectivity index (χ4v) is 2.42. The molecule has 0 saturated heterocycles. The Labute approximate surface area is 96.0 Å². The average Bonchev–Trinajstić information content (AvgIpc) is 2.57. The van der Waals surface area contributed by atoms with E-state index in [0.717, 1.165) is 27.5 Å². The van der Waals surface area contributed by atoms with Gasteiger partial charge in [0.1, 0.15) is 0 Å². The van der Waals surface area contributed by atoms with Gasteiger partial charge in [0.15, 0.2) is 5.78 Å². The quantitative estimate of drug-likeness (QED) is 0.808. The third-order valence-corrected chi connectivity index (χ3v) is 3.29. The summed E-state index contributed by atoms with van der Waals surface area (Å²) >= 11 is 1.11. The lowest BCUT2D eigenvalue weighted by Crippen LogP contribution is -1.96. The van der Waals surface area contributed by atoms with E-state index in [-0.39, 0.29) is 10.7 Å². The number of aromatic nitrogens is 2. The van der Waals surface area contributed by atoms with Gasteiger partial charge < -0.3 is 4.98 Å². The first-order chi connectivity index (χ1) is 7.59. The van der Waals surface area contributed by atoms with Gasteiger partial charge in [0.25, 0.3) is 0 Å². The Hall–Kier alpha value is -1.75. The summed E-state index contributed by atoms with van der Waals surface area (Å²) < 4.78 is 0. The van der Waals surface area contributed by atoms with Crippen LogP contribution in [0.5, 0.6) is 0 Å². The molecule has 2 aromatic rings. The van der Waals surface area contributed by atoms with Crippen molar-refractivity contribution in [2.45, 2.75) is 13.8 Å². The number of hydrogen-bond acceptors (Lipinski definition) is 4. The van der Waals surface area contributed by atoms with Crippen molar-refractivity contribution in [3.05, 3.63) is 39.4 Å². The largest absolute Gasteiger partial charge is 0.316 e. The van der Waals surface area contributed by atoms with Gasteiger partial charge in [-0.3, -0.25) is 14.6 Å². The van der Waals surface area contributed by atoms with Crippen molar-refractivity contribution in [2.24, 2.45) is 0 Å². The standard InChI is InChI=1S/C11H10N2O2S/c1-6-10(16-11(15)13-6)8-3-4-12-5-9(8)7(2)14/h3-5H,1-2H3,(H,13,15). The van der Waals surface area contributed by atoms with Crippen LogP contribution in [0, 0.1) is 6.92 Å². The van der Waals surface area contributed by atoms with Gasteiger partial charge in [0.05, 0.1) is 4.88 Å². The van der Waals surface area contributed by atoms with Gasteiger partial charge in [-0.05, 0) is 19.9 Å². The van der Waals surface area contributed by atoms with E-state index in [9.17, 15) is 9.59 Å². The number of nitrogens with zero attached hydrogens (tertiary/aromatic N) is 1. The van der Waals surface area contributed by atoms with Crippen LogP contribution in [0.25, 0.3) is 10.4 Å². The molecular weight excluding hydrogens is 224 g/mol. The number of pyridine rings is 1. The Morgan fingerprint density at radius 3 is 2.81 bits per heavy atom. The number of ketones is 1. The van der Waals surface area contributed by atoms with E-state index in [1.165, 1.54) is 13.1 Å². The summed E-state index contributed by atoms with van der Waals surface area (Å²) in [6, 6.07) is 1.75. The molecule has 0 aliphatic rings. The number of Topliss-reactive ketones (excluding diaryl/α,β-unsaturated/α-hetero) is 1. The van der Waals surface area contributed by atoms with Crippen LogP contribution in [-0.2, 0) is 0 Å². The van der Waals surface area contributed by atoms with E-state index in [4.69, 9.17) is 0 Å². The molecule has 0 spiro atoms. The van der Waals surface area contributed by atoms with Gasteiger partial charge in [-0.1, -0.05) is 11.3 Å². The summed E-state index contributed by atoms with van der Waals surface area (Å²) in [5, 5.41) is 0. The maximum Gasteiger partial charge on any atom is 0.305 e. The van der Waals surface area contributed by atoms with Gasteiger partial charge >= 0.3 is 4.87 Å². The van der Waals surface area contributed by atoms with Crippen molar-refractivity contribution in [1.82, 2.24) is 9.97 Å². The third kappa shape index (κ3) is 1.81. The molecule has 0 saturated carbocycles. The number of carbonyl (C=O) groups excluding carboxylic acids is 1. The lowest BCUT2D eigenvalue weighted by Gasteiger charge is -2.03. The SMILES string of the molecule is CC(=O)c1cnccc1-c1sc(=O)[nH]c1C. The zero-order valence-electron chi connectivity index (χ0n) is 8.90. The van der Waals surface area contributed by atoms with E-state index < -0.39 is 0 Å². The minimum absolute atomic E-state index is 0.0525. The molecule has 0 radical (unpaired) electrons. The van der Waals surface area contributed by atoms with Crippen LogP contribution in [0.1, 0.15) is 23.0 Å². The molecule has 4 nitrogen and oxygen atoms in total. The summed E-state index contributed by atoms with van der Waals surface area (Å²) in [7, 11) is 0. The predicted octanol–water partition coefficient (Wildman–Crippen LogP) is 2.01. The second kappa shape index (κ2) is 4.02. The maximum absolute atomic E-state index is 11.4. The highest BCUT2D eigenvalue weighted by Gasteiger charge is 2.13. The number of aromatic amines is 1. The van der Waals surface area contributed by atoms with Crippen LogP contribution < -0.4 is 4.87 Å². The Kier molecular flexibility index (Phi) is 2.70. The molecular formula is C11H10N2O2S. The van der Waals surface area contributed by atoms with Crippen LogP contribution >= 0.6 is 11.3 Å². The van der Waals surface area contributed by atoms with Gasteiger partial charge in [-0.25, -0.2) is 0 Å². The zero-order valence-corrected chi connectivity index (χ0v) is 9.72. The zero-order chi connectivity index (χ0) is 11.7. The van der Waals surface area contributed by atoms with Crippen molar-refractivity contribution in [2.75, 3.05) is 0 Å². The second-order valence-electron chi connectivity index (χ2n) is 3.45. The molecule has 0 bridgehead atoms. The van der Waals surface area contributed by atoms with Gasteiger partial charge in [0, 0.05) is 29.2 Å². The summed E-state index contributed by atoms with van der Waals surface area (Å²) in [6.45, 7) is 3.31. The number of H-pyrrole nitrogens is 1. The van der Waals surface area contributed by atoms with Crippen LogP contribution in [0.15, 0.2) is 23.3 Å². The molecule has 0 aliphatic carbocycles. The summed E-state index contributed by atoms with van der Waals surface area (Å²) in [4.78, 5) is 30.0. The molecule has 2 heterocycles. The molecule has 0 fully saturated rings. The highest BCUT2D eigenvalue weighted by atomic mass is 32.1. The minimum Gasteiger partial charge on any atom is -0.316 e. The number of carbonyl (C=O) groups is 1. The number of thiazole rings is 1. The predicted molar refractivity (Wildman–Crippen MR) is 62.9 cm³/mol. The molecule has 1 N–H and O–H groups in total. The van der Waals surface area contributed by atoms with Crippen molar-refractivity contribution < 1.29 is 4.79 Å². The first kappa shape index (κ1) is 10.8. The average molecular weight is 234 g/mol. The van der Waals surface area contributed by atoms with Crippen LogP contribution in [0.4, 0.5) is 0 Å². The number of hydrogen-bond donors (Lipinski definition) is 1. The fourth-order valence-electron chi connectivity index (χ4n) is 1.53. The van der Waals surface area contributed by atoms with Gasteiger partial charge in [0.2, 0.25) is 0 Å².